The van der Waals surface area contributed by atoms with Crippen LogP contribution in [0.4, 0.5) is 5.69 Å². The highest BCUT2D eigenvalue weighted by Gasteiger charge is 2.21. The SMILES string of the molecule is CN1CCc2cc(C(O)CNC(=O)C(=O)NC3CCCCCC3)ccc21. The quantitative estimate of drug-likeness (QED) is 0.564. The molecule has 142 valence electrons. The Kier molecular flexibility index (Phi) is 6.14. The number of benzene rings is 1. The van der Waals surface area contributed by atoms with Crippen LogP contribution in [0, 0.1) is 0 Å². The summed E-state index contributed by atoms with van der Waals surface area (Å²) < 4.78 is 0. The molecule has 0 aromatic heterocycles. The lowest BCUT2D eigenvalue weighted by Crippen LogP contribution is -2.45. The number of nitrogens with one attached hydrogen (secondary N) is 2. The van der Waals surface area contributed by atoms with Gasteiger partial charge >= 0.3 is 11.8 Å². The molecule has 6 nitrogen and oxygen atoms in total. The van der Waals surface area contributed by atoms with E-state index in [2.05, 4.69) is 22.6 Å². The summed E-state index contributed by atoms with van der Waals surface area (Å²) in [6.45, 7) is 1.01. The molecule has 26 heavy (non-hydrogen) atoms. The largest absolute Gasteiger partial charge is 0.387 e. The first kappa shape index (κ1) is 18.7. The molecule has 0 radical (unpaired) electrons. The number of amides is 2. The number of carbonyl (C=O) groups excluding carboxylic acids is 2. The van der Waals surface area contributed by atoms with Crippen molar-refractivity contribution < 1.29 is 14.7 Å². The van der Waals surface area contributed by atoms with Crippen LogP contribution in [-0.4, -0.2) is 43.1 Å². The summed E-state index contributed by atoms with van der Waals surface area (Å²) in [5.74, 6) is -1.27. The molecule has 3 rings (SSSR count). The summed E-state index contributed by atoms with van der Waals surface area (Å²) >= 11 is 0. The minimum Gasteiger partial charge on any atom is -0.387 e. The van der Waals surface area contributed by atoms with Crippen LogP contribution in [0.25, 0.3) is 0 Å². The average molecular weight is 359 g/mol. The van der Waals surface area contributed by atoms with Gasteiger partial charge in [0.25, 0.3) is 0 Å². The second kappa shape index (κ2) is 8.54. The van der Waals surface area contributed by atoms with Crippen molar-refractivity contribution in [3.63, 3.8) is 0 Å². The Bertz CT molecular complexity index is 654. The van der Waals surface area contributed by atoms with E-state index in [-0.39, 0.29) is 12.6 Å². The van der Waals surface area contributed by atoms with Gasteiger partial charge in [-0.1, -0.05) is 37.8 Å². The highest BCUT2D eigenvalue weighted by Crippen LogP contribution is 2.29. The molecule has 1 saturated carbocycles. The van der Waals surface area contributed by atoms with Crippen LogP contribution in [0.5, 0.6) is 0 Å². The number of rotatable bonds is 4. The lowest BCUT2D eigenvalue weighted by Gasteiger charge is -2.17. The predicted octanol–water partition coefficient (Wildman–Crippen LogP) is 1.67. The van der Waals surface area contributed by atoms with Gasteiger partial charge in [0.15, 0.2) is 0 Å². The fraction of sp³-hybridized carbons (Fsp3) is 0.600. The molecular formula is C20H29N3O3. The Morgan fingerprint density at radius 2 is 1.92 bits per heavy atom. The molecule has 1 unspecified atom stereocenters. The van der Waals surface area contributed by atoms with E-state index >= 15 is 0 Å². The second-order valence-electron chi connectivity index (χ2n) is 7.45. The monoisotopic (exact) mass is 359 g/mol. The zero-order chi connectivity index (χ0) is 18.5. The Morgan fingerprint density at radius 3 is 2.65 bits per heavy atom. The molecule has 0 spiro atoms. The van der Waals surface area contributed by atoms with E-state index in [4.69, 9.17) is 0 Å². The minimum atomic E-state index is -0.819. The Labute approximate surface area is 155 Å². The van der Waals surface area contributed by atoms with Crippen molar-refractivity contribution in [3.8, 4) is 0 Å². The number of hydrogen-bond acceptors (Lipinski definition) is 4. The predicted molar refractivity (Wildman–Crippen MR) is 101 cm³/mol. The van der Waals surface area contributed by atoms with E-state index in [9.17, 15) is 14.7 Å². The average Bonchev–Trinajstić information content (AvgIpc) is 2.84. The van der Waals surface area contributed by atoms with Gasteiger partial charge < -0.3 is 20.6 Å². The molecule has 1 aliphatic heterocycles. The number of aliphatic hydroxyl groups excluding tert-OH is 1. The van der Waals surface area contributed by atoms with Crippen molar-refractivity contribution >= 4 is 17.5 Å². The molecule has 2 amide bonds. The summed E-state index contributed by atoms with van der Waals surface area (Å²) in [6, 6.07) is 5.96. The number of fused-ring (bicyclic) bond motifs is 1. The number of hydrogen-bond donors (Lipinski definition) is 3. The number of anilines is 1. The van der Waals surface area contributed by atoms with Crippen molar-refractivity contribution in [2.24, 2.45) is 0 Å². The first-order valence-corrected chi connectivity index (χ1v) is 9.65. The fourth-order valence-electron chi connectivity index (χ4n) is 3.86. The molecular weight excluding hydrogens is 330 g/mol. The first-order chi connectivity index (χ1) is 12.5. The van der Waals surface area contributed by atoms with Gasteiger partial charge in [-0.15, -0.1) is 0 Å². The van der Waals surface area contributed by atoms with Crippen LogP contribution in [0.2, 0.25) is 0 Å². The van der Waals surface area contributed by atoms with Gasteiger partial charge in [-0.25, -0.2) is 0 Å². The third-order valence-electron chi connectivity index (χ3n) is 5.47. The topological polar surface area (TPSA) is 81.7 Å². The fourth-order valence-corrected chi connectivity index (χ4v) is 3.86. The maximum Gasteiger partial charge on any atom is 0.309 e. The number of carbonyl (C=O) groups is 2. The van der Waals surface area contributed by atoms with Crippen molar-refractivity contribution in [2.45, 2.75) is 57.1 Å². The van der Waals surface area contributed by atoms with Crippen LogP contribution in [0.3, 0.4) is 0 Å². The third kappa shape index (κ3) is 4.55. The summed E-state index contributed by atoms with van der Waals surface area (Å²) in [5, 5.41) is 15.7. The first-order valence-electron chi connectivity index (χ1n) is 9.65. The molecule has 1 aliphatic carbocycles. The van der Waals surface area contributed by atoms with E-state index < -0.39 is 17.9 Å². The summed E-state index contributed by atoms with van der Waals surface area (Å²) in [6.07, 6.45) is 6.60. The summed E-state index contributed by atoms with van der Waals surface area (Å²) in [4.78, 5) is 26.3. The van der Waals surface area contributed by atoms with E-state index in [0.717, 1.165) is 44.2 Å². The summed E-state index contributed by atoms with van der Waals surface area (Å²) in [7, 11) is 2.05. The minimum absolute atomic E-state index is 0.0333. The molecule has 1 fully saturated rings. The number of aliphatic hydroxyl groups is 1. The lowest BCUT2D eigenvalue weighted by atomic mass is 10.0. The van der Waals surface area contributed by atoms with E-state index in [1.807, 2.05) is 18.2 Å². The normalized spacial score (nSPS) is 18.8. The molecule has 3 N–H and O–H groups in total. The maximum absolute atomic E-state index is 12.1. The molecule has 1 heterocycles. The van der Waals surface area contributed by atoms with Gasteiger partial charge in [-0.2, -0.15) is 0 Å². The molecule has 6 heteroatoms. The van der Waals surface area contributed by atoms with E-state index in [1.54, 1.807) is 0 Å². The zero-order valence-corrected chi connectivity index (χ0v) is 15.5. The molecule has 0 saturated heterocycles. The van der Waals surface area contributed by atoms with Crippen molar-refractivity contribution in [1.29, 1.82) is 0 Å². The van der Waals surface area contributed by atoms with Crippen LogP contribution in [0.1, 0.15) is 55.8 Å². The molecule has 2 aliphatic rings. The highest BCUT2D eigenvalue weighted by atomic mass is 16.3. The van der Waals surface area contributed by atoms with Crippen LogP contribution in [-0.2, 0) is 16.0 Å². The Hall–Kier alpha value is -2.08. The zero-order valence-electron chi connectivity index (χ0n) is 15.5. The molecule has 0 bridgehead atoms. The smallest absolute Gasteiger partial charge is 0.309 e. The van der Waals surface area contributed by atoms with Crippen LogP contribution < -0.4 is 15.5 Å². The molecule has 1 aromatic rings. The Morgan fingerprint density at radius 1 is 1.19 bits per heavy atom. The highest BCUT2D eigenvalue weighted by molar-refractivity contribution is 6.35. The van der Waals surface area contributed by atoms with Crippen LogP contribution >= 0.6 is 0 Å². The van der Waals surface area contributed by atoms with Gasteiger partial charge in [-0.05, 0) is 36.5 Å². The number of likely N-dealkylation sites (N-methyl/N-ethyl adjacent to an activating group) is 1. The summed E-state index contributed by atoms with van der Waals surface area (Å²) in [5.41, 5.74) is 3.16. The standard InChI is InChI=1S/C20H29N3O3/c1-23-11-10-14-12-15(8-9-17(14)23)18(24)13-21-19(25)20(26)22-16-6-4-2-3-5-7-16/h8-9,12,16,18,24H,2-7,10-11,13H2,1H3,(H,21,25)(H,22,26). The third-order valence-corrected chi connectivity index (χ3v) is 5.47. The van der Waals surface area contributed by atoms with Gasteiger partial charge in [0.1, 0.15) is 0 Å². The van der Waals surface area contributed by atoms with Gasteiger partial charge in [0.2, 0.25) is 0 Å². The maximum atomic E-state index is 12.1. The van der Waals surface area contributed by atoms with Gasteiger partial charge in [0.05, 0.1) is 6.10 Å². The lowest BCUT2D eigenvalue weighted by molar-refractivity contribution is -0.139. The molecule has 1 atom stereocenters. The molecule has 1 aromatic carbocycles. The Balaban J connectivity index is 1.48. The second-order valence-corrected chi connectivity index (χ2v) is 7.45. The van der Waals surface area contributed by atoms with E-state index in [1.165, 1.54) is 24.1 Å². The van der Waals surface area contributed by atoms with Gasteiger partial charge in [0, 0.05) is 31.9 Å². The van der Waals surface area contributed by atoms with Gasteiger partial charge in [-0.3, -0.25) is 9.59 Å². The van der Waals surface area contributed by atoms with Crippen molar-refractivity contribution in [1.82, 2.24) is 10.6 Å². The van der Waals surface area contributed by atoms with Crippen molar-refractivity contribution in [2.75, 3.05) is 25.0 Å². The van der Waals surface area contributed by atoms with Crippen molar-refractivity contribution in [3.05, 3.63) is 29.3 Å². The van der Waals surface area contributed by atoms with Crippen LogP contribution in [0.15, 0.2) is 18.2 Å². The van der Waals surface area contributed by atoms with E-state index in [0.29, 0.717) is 0 Å². The number of nitrogens with zero attached hydrogens (tertiary/aromatic N) is 1.